The van der Waals surface area contributed by atoms with Gasteiger partial charge in [-0.25, -0.2) is 0 Å². The Balaban J connectivity index is 0. The van der Waals surface area contributed by atoms with E-state index in [4.69, 9.17) is 27.4 Å². The van der Waals surface area contributed by atoms with Crippen LogP contribution >= 0.6 is 0 Å². The second kappa shape index (κ2) is 20.5. The van der Waals surface area contributed by atoms with E-state index in [-0.39, 0.29) is 5.96 Å². The number of nitrogens with zero attached hydrogens (tertiary/aromatic N) is 1. The van der Waals surface area contributed by atoms with Crippen LogP contribution in [0.2, 0.25) is 0 Å². The zero-order valence-electron chi connectivity index (χ0n) is 16.9. The van der Waals surface area contributed by atoms with E-state index in [1.165, 1.54) is 51.4 Å². The molecule has 0 aromatic carbocycles. The molecule has 0 spiro atoms. The Labute approximate surface area is 163 Å². The summed E-state index contributed by atoms with van der Waals surface area (Å²) >= 11 is 0. The summed E-state index contributed by atoms with van der Waals surface area (Å²) < 4.78 is 0. The summed E-state index contributed by atoms with van der Waals surface area (Å²) in [5.74, 6) is -1.65. The van der Waals surface area contributed by atoms with Gasteiger partial charge >= 0.3 is 11.9 Å². The van der Waals surface area contributed by atoms with Crippen LogP contribution in [0.15, 0.2) is 4.99 Å². The number of carboxylic acids is 2. The minimum atomic E-state index is -1.00. The number of guanidine groups is 1. The summed E-state index contributed by atoms with van der Waals surface area (Å²) in [6.07, 6.45) is 13.9. The van der Waals surface area contributed by atoms with Gasteiger partial charge < -0.3 is 27.4 Å². The fourth-order valence-corrected chi connectivity index (χ4v) is 2.41. The Morgan fingerprint density at radius 1 is 0.852 bits per heavy atom. The first kappa shape index (κ1) is 27.4. The topological polar surface area (TPSA) is 165 Å². The highest BCUT2D eigenvalue weighted by Gasteiger charge is 2.09. The van der Waals surface area contributed by atoms with Crippen molar-refractivity contribution < 1.29 is 19.8 Å². The van der Waals surface area contributed by atoms with Crippen molar-refractivity contribution in [3.63, 3.8) is 0 Å². The number of aliphatic carboxylic acids is 2. The van der Waals surface area contributed by atoms with Gasteiger partial charge in [-0.05, 0) is 19.3 Å². The molecule has 0 saturated heterocycles. The van der Waals surface area contributed by atoms with Crippen molar-refractivity contribution in [1.82, 2.24) is 0 Å². The monoisotopic (exact) mass is 388 g/mol. The van der Waals surface area contributed by atoms with Crippen molar-refractivity contribution in [2.75, 3.05) is 6.54 Å². The fourth-order valence-electron chi connectivity index (χ4n) is 2.41. The molecule has 0 bridgehead atoms. The lowest BCUT2D eigenvalue weighted by atomic mass is 10.1. The van der Waals surface area contributed by atoms with Crippen LogP contribution < -0.4 is 17.2 Å². The molecule has 0 aliphatic carbocycles. The summed E-state index contributed by atoms with van der Waals surface area (Å²) in [5.41, 5.74) is 15.3. The van der Waals surface area contributed by atoms with Crippen molar-refractivity contribution in [3.8, 4) is 0 Å². The first-order valence-corrected chi connectivity index (χ1v) is 10.1. The van der Waals surface area contributed by atoms with E-state index in [1.54, 1.807) is 0 Å². The van der Waals surface area contributed by atoms with E-state index in [0.717, 1.165) is 12.8 Å². The van der Waals surface area contributed by atoms with Crippen LogP contribution in [0.4, 0.5) is 0 Å². The molecule has 0 aliphatic heterocycles. The molecular weight excluding hydrogens is 348 g/mol. The summed E-state index contributed by atoms with van der Waals surface area (Å²) in [5, 5.41) is 16.8. The minimum absolute atomic E-state index is 0.0129. The van der Waals surface area contributed by atoms with Gasteiger partial charge in [0.05, 0.1) is 0 Å². The number of nitrogens with two attached hydrogens (primary N) is 3. The summed E-state index contributed by atoms with van der Waals surface area (Å²) in [6.45, 7) is 2.66. The smallest absolute Gasteiger partial charge is 0.320 e. The van der Waals surface area contributed by atoms with Crippen LogP contribution in [-0.2, 0) is 9.59 Å². The van der Waals surface area contributed by atoms with Crippen LogP contribution in [0, 0.1) is 0 Å². The first-order chi connectivity index (χ1) is 12.8. The van der Waals surface area contributed by atoms with E-state index >= 15 is 0 Å². The molecule has 27 heavy (non-hydrogen) atoms. The van der Waals surface area contributed by atoms with Gasteiger partial charge in [-0.2, -0.15) is 0 Å². The molecule has 8 nitrogen and oxygen atoms in total. The van der Waals surface area contributed by atoms with Gasteiger partial charge in [0.15, 0.2) is 5.96 Å². The Kier molecular flexibility index (Phi) is 20.8. The number of rotatable bonds is 16. The maximum absolute atomic E-state index is 10.2. The molecule has 0 heterocycles. The number of unbranched alkanes of at least 4 members (excludes halogenated alkanes) is 9. The lowest BCUT2D eigenvalue weighted by molar-refractivity contribution is -0.139. The second-order valence-corrected chi connectivity index (χ2v) is 6.72. The standard InChI is InChI=1S/C13H26O2.C6H14N4O2/c1-2-3-4-5-6-7-8-9-10-11-12-13(14)15;7-4(5(11)12)2-1-3-10-6(8)9/h2-12H2,1H3,(H,14,15);4H,1-3,7H2,(H,11,12)(H4,8,9,10)/t;4-/m.0/s1. The predicted octanol–water partition coefficient (Wildman–Crippen LogP) is 2.83. The Morgan fingerprint density at radius 2 is 1.33 bits per heavy atom. The van der Waals surface area contributed by atoms with Crippen molar-refractivity contribution in [3.05, 3.63) is 0 Å². The Morgan fingerprint density at radius 3 is 1.74 bits per heavy atom. The number of hydrogen-bond acceptors (Lipinski definition) is 4. The van der Waals surface area contributed by atoms with Gasteiger partial charge in [0.2, 0.25) is 0 Å². The minimum Gasteiger partial charge on any atom is -0.481 e. The van der Waals surface area contributed by atoms with Crippen molar-refractivity contribution in [2.24, 2.45) is 22.2 Å². The fraction of sp³-hybridized carbons (Fsp3) is 0.842. The third kappa shape index (κ3) is 26.5. The quantitative estimate of drug-likeness (QED) is 0.154. The molecular formula is C19H40N4O4. The molecule has 0 aromatic rings. The molecule has 8 heteroatoms. The molecule has 0 aliphatic rings. The first-order valence-electron chi connectivity index (χ1n) is 10.1. The highest BCUT2D eigenvalue weighted by atomic mass is 16.4. The average molecular weight is 389 g/mol. The van der Waals surface area contributed by atoms with E-state index in [0.29, 0.717) is 25.8 Å². The SMILES string of the molecule is CCCCCCCCCCCCC(=O)O.NC(N)=NCCC[C@H](N)C(=O)O. The number of carbonyl (C=O) groups is 2. The highest BCUT2D eigenvalue weighted by Crippen LogP contribution is 2.11. The lowest BCUT2D eigenvalue weighted by Crippen LogP contribution is -2.30. The van der Waals surface area contributed by atoms with Crippen molar-refractivity contribution in [1.29, 1.82) is 0 Å². The van der Waals surface area contributed by atoms with Gasteiger partial charge in [0.25, 0.3) is 0 Å². The van der Waals surface area contributed by atoms with E-state index in [1.807, 2.05) is 0 Å². The molecule has 8 N–H and O–H groups in total. The molecule has 0 unspecified atom stereocenters. The zero-order valence-corrected chi connectivity index (χ0v) is 16.9. The van der Waals surface area contributed by atoms with Gasteiger partial charge in [0.1, 0.15) is 6.04 Å². The van der Waals surface area contributed by atoms with E-state index in [2.05, 4.69) is 11.9 Å². The predicted molar refractivity (Wildman–Crippen MR) is 110 cm³/mol. The maximum atomic E-state index is 10.2. The normalized spacial score (nSPS) is 11.2. The number of aliphatic imine (C=N–C) groups is 1. The summed E-state index contributed by atoms with van der Waals surface area (Å²) in [4.78, 5) is 24.1. The van der Waals surface area contributed by atoms with Gasteiger partial charge in [-0.15, -0.1) is 0 Å². The van der Waals surface area contributed by atoms with E-state index < -0.39 is 18.0 Å². The molecule has 0 aromatic heterocycles. The molecule has 1 atom stereocenters. The zero-order chi connectivity index (χ0) is 20.9. The molecule has 0 fully saturated rings. The van der Waals surface area contributed by atoms with Crippen LogP contribution in [0.5, 0.6) is 0 Å². The van der Waals surface area contributed by atoms with Gasteiger partial charge in [-0.1, -0.05) is 64.7 Å². The van der Waals surface area contributed by atoms with Crippen LogP contribution in [-0.4, -0.2) is 40.7 Å². The van der Waals surface area contributed by atoms with Gasteiger partial charge in [0, 0.05) is 13.0 Å². The maximum Gasteiger partial charge on any atom is 0.320 e. The van der Waals surface area contributed by atoms with E-state index in [9.17, 15) is 9.59 Å². The molecule has 0 saturated carbocycles. The van der Waals surface area contributed by atoms with Crippen molar-refractivity contribution >= 4 is 17.9 Å². The lowest BCUT2D eigenvalue weighted by Gasteiger charge is -2.03. The average Bonchev–Trinajstić information content (AvgIpc) is 2.60. The Bertz CT molecular complexity index is 399. The summed E-state index contributed by atoms with van der Waals surface area (Å²) in [7, 11) is 0. The number of hydrogen-bond donors (Lipinski definition) is 5. The van der Waals surface area contributed by atoms with Crippen LogP contribution in [0.3, 0.4) is 0 Å². The number of carboxylic acid groups (broad SMARTS) is 2. The largest absolute Gasteiger partial charge is 0.481 e. The van der Waals surface area contributed by atoms with Crippen LogP contribution in [0.25, 0.3) is 0 Å². The third-order valence-electron chi connectivity index (χ3n) is 4.03. The molecule has 0 radical (unpaired) electrons. The summed E-state index contributed by atoms with van der Waals surface area (Å²) in [6, 6.07) is -0.820. The van der Waals surface area contributed by atoms with Gasteiger partial charge in [-0.3, -0.25) is 14.6 Å². The molecule has 160 valence electrons. The molecule has 0 amide bonds. The molecule has 0 rings (SSSR count). The van der Waals surface area contributed by atoms with Crippen LogP contribution in [0.1, 0.15) is 90.4 Å². The second-order valence-electron chi connectivity index (χ2n) is 6.72. The highest BCUT2D eigenvalue weighted by molar-refractivity contribution is 5.75. The Hall–Kier alpha value is -1.83. The third-order valence-corrected chi connectivity index (χ3v) is 4.03. The van der Waals surface area contributed by atoms with Crippen molar-refractivity contribution in [2.45, 2.75) is 96.4 Å².